The van der Waals surface area contributed by atoms with Gasteiger partial charge in [0.05, 0.1) is 5.60 Å². The number of carbonyl (C=O) groups excluding carboxylic acids is 1. The Morgan fingerprint density at radius 3 is 2.65 bits per heavy atom. The number of aromatic nitrogens is 2. The minimum atomic E-state index is -0.384. The molecule has 1 aromatic rings. The highest BCUT2D eigenvalue weighted by Crippen LogP contribution is 2.25. The number of hydrogen-bond acceptors (Lipinski definition) is 4. The molecule has 0 aromatic carbocycles. The molecule has 0 aliphatic carbocycles. The Bertz CT molecular complexity index is 419. The van der Waals surface area contributed by atoms with Crippen molar-refractivity contribution in [3.8, 4) is 0 Å². The van der Waals surface area contributed by atoms with Gasteiger partial charge in [0.25, 0.3) is 5.91 Å². The molecule has 0 aliphatic rings. The van der Waals surface area contributed by atoms with Crippen molar-refractivity contribution >= 4 is 34.9 Å². The third kappa shape index (κ3) is 4.85. The van der Waals surface area contributed by atoms with Crippen molar-refractivity contribution in [2.24, 2.45) is 0 Å². The molecular weight excluding hydrogens is 265 g/mol. The number of nitrogens with zero attached hydrogens (tertiary/aromatic N) is 2. The van der Waals surface area contributed by atoms with E-state index in [0.29, 0.717) is 0 Å². The highest BCUT2D eigenvalue weighted by atomic mass is 35.5. The molecule has 0 atom stereocenters. The molecule has 1 heterocycles. The molecule has 0 bridgehead atoms. The summed E-state index contributed by atoms with van der Waals surface area (Å²) >= 11 is 11.5. The van der Waals surface area contributed by atoms with E-state index >= 15 is 0 Å². The van der Waals surface area contributed by atoms with E-state index in [4.69, 9.17) is 27.9 Å². The van der Waals surface area contributed by atoms with E-state index in [1.165, 1.54) is 6.33 Å². The van der Waals surface area contributed by atoms with Crippen molar-refractivity contribution in [1.29, 1.82) is 0 Å². The number of nitrogens with one attached hydrogen (secondary N) is 1. The molecule has 0 unspecified atom stereocenters. The van der Waals surface area contributed by atoms with Gasteiger partial charge in [0.2, 0.25) is 0 Å². The Kier molecular flexibility index (Phi) is 4.68. The Morgan fingerprint density at radius 1 is 1.41 bits per heavy atom. The Hall–Kier alpha value is -0.910. The maximum absolute atomic E-state index is 11.5. The zero-order valence-corrected chi connectivity index (χ0v) is 11.3. The van der Waals surface area contributed by atoms with E-state index in [2.05, 4.69) is 15.3 Å². The molecule has 0 radical (unpaired) electrons. The van der Waals surface area contributed by atoms with Gasteiger partial charge in [-0.3, -0.25) is 4.79 Å². The molecule has 17 heavy (non-hydrogen) atoms. The van der Waals surface area contributed by atoms with E-state index in [1.54, 1.807) is 0 Å². The summed E-state index contributed by atoms with van der Waals surface area (Å²) in [6.45, 7) is 5.49. The Balaban J connectivity index is 2.60. The highest BCUT2D eigenvalue weighted by Gasteiger charge is 2.15. The van der Waals surface area contributed by atoms with Gasteiger partial charge < -0.3 is 10.1 Å². The van der Waals surface area contributed by atoms with Crippen molar-refractivity contribution in [3.63, 3.8) is 0 Å². The van der Waals surface area contributed by atoms with Crippen LogP contribution in [0.1, 0.15) is 20.8 Å². The molecule has 0 aliphatic heterocycles. The zero-order valence-electron chi connectivity index (χ0n) is 9.75. The number of carbonyl (C=O) groups is 1. The quantitative estimate of drug-likeness (QED) is 0.863. The smallest absolute Gasteiger partial charge is 0.251 e. The van der Waals surface area contributed by atoms with Gasteiger partial charge in [-0.25, -0.2) is 9.97 Å². The van der Waals surface area contributed by atoms with Gasteiger partial charge in [0.1, 0.15) is 18.0 Å². The van der Waals surface area contributed by atoms with Gasteiger partial charge in [0.15, 0.2) is 11.0 Å². The summed E-state index contributed by atoms with van der Waals surface area (Å²) in [5.41, 5.74) is -0.384. The van der Waals surface area contributed by atoms with Crippen LogP contribution >= 0.6 is 23.2 Å². The molecule has 7 heteroatoms. The average molecular weight is 278 g/mol. The van der Waals surface area contributed by atoms with Crippen molar-refractivity contribution in [2.75, 3.05) is 11.9 Å². The lowest BCUT2D eigenvalue weighted by Gasteiger charge is -2.18. The molecule has 1 rings (SSSR count). The molecule has 0 fully saturated rings. The van der Waals surface area contributed by atoms with Crippen LogP contribution in [0.15, 0.2) is 6.33 Å². The van der Waals surface area contributed by atoms with Crippen molar-refractivity contribution in [1.82, 2.24) is 9.97 Å². The number of amides is 1. The monoisotopic (exact) mass is 277 g/mol. The second kappa shape index (κ2) is 5.62. The predicted molar refractivity (Wildman–Crippen MR) is 66.4 cm³/mol. The summed E-state index contributed by atoms with van der Waals surface area (Å²) < 4.78 is 5.30. The Labute approximate surface area is 109 Å². The third-order valence-electron chi connectivity index (χ3n) is 1.64. The van der Waals surface area contributed by atoms with Crippen molar-refractivity contribution in [3.05, 3.63) is 16.5 Å². The van der Waals surface area contributed by atoms with Crippen LogP contribution in [-0.4, -0.2) is 28.1 Å². The molecule has 94 valence electrons. The SMILES string of the molecule is CC(C)(C)OCC(=O)Nc1ncnc(Cl)c1Cl. The first-order chi connectivity index (χ1) is 7.79. The average Bonchev–Trinajstić information content (AvgIpc) is 2.21. The fraction of sp³-hybridized carbons (Fsp3) is 0.500. The van der Waals surface area contributed by atoms with Crippen molar-refractivity contribution < 1.29 is 9.53 Å². The van der Waals surface area contributed by atoms with Gasteiger partial charge in [-0.05, 0) is 20.8 Å². The zero-order chi connectivity index (χ0) is 13.1. The number of halogens is 2. The van der Waals surface area contributed by atoms with Crippen LogP contribution in [0, 0.1) is 0 Å². The van der Waals surface area contributed by atoms with Crippen LogP contribution in [0.2, 0.25) is 10.2 Å². The van der Waals surface area contributed by atoms with Crippen LogP contribution < -0.4 is 5.32 Å². The van der Waals surface area contributed by atoms with E-state index in [1.807, 2.05) is 20.8 Å². The molecule has 1 N–H and O–H groups in total. The summed E-state index contributed by atoms with van der Waals surface area (Å²) in [4.78, 5) is 19.0. The molecule has 1 aromatic heterocycles. The third-order valence-corrected chi connectivity index (χ3v) is 2.38. The second-order valence-corrected chi connectivity index (χ2v) is 5.01. The van der Waals surface area contributed by atoms with E-state index < -0.39 is 0 Å². The summed E-state index contributed by atoms with van der Waals surface area (Å²) in [6.07, 6.45) is 1.22. The standard InChI is InChI=1S/C10H13Cl2N3O2/c1-10(2,3)17-4-6(16)15-9-7(11)8(12)13-5-14-9/h5H,4H2,1-3H3,(H,13,14,15,16). The van der Waals surface area contributed by atoms with Crippen LogP contribution in [0.25, 0.3) is 0 Å². The molecule has 5 nitrogen and oxygen atoms in total. The van der Waals surface area contributed by atoms with Gasteiger partial charge in [-0.15, -0.1) is 0 Å². The van der Waals surface area contributed by atoms with E-state index in [-0.39, 0.29) is 34.1 Å². The number of rotatable bonds is 3. The van der Waals surface area contributed by atoms with Gasteiger partial charge in [-0.2, -0.15) is 0 Å². The lowest BCUT2D eigenvalue weighted by molar-refractivity contribution is -0.125. The van der Waals surface area contributed by atoms with Crippen LogP contribution in [0.3, 0.4) is 0 Å². The summed E-state index contributed by atoms with van der Waals surface area (Å²) in [6, 6.07) is 0. The predicted octanol–water partition coefficient (Wildman–Crippen LogP) is 2.54. The minimum Gasteiger partial charge on any atom is -0.366 e. The first-order valence-corrected chi connectivity index (χ1v) is 5.65. The number of hydrogen-bond donors (Lipinski definition) is 1. The maximum atomic E-state index is 11.5. The van der Waals surface area contributed by atoms with Crippen LogP contribution in [0.5, 0.6) is 0 Å². The topological polar surface area (TPSA) is 64.1 Å². The lowest BCUT2D eigenvalue weighted by Crippen LogP contribution is -2.27. The van der Waals surface area contributed by atoms with Gasteiger partial charge >= 0.3 is 0 Å². The Morgan fingerprint density at radius 2 is 2.06 bits per heavy atom. The molecule has 0 spiro atoms. The minimum absolute atomic E-state index is 0.0819. The van der Waals surface area contributed by atoms with Crippen LogP contribution in [-0.2, 0) is 9.53 Å². The van der Waals surface area contributed by atoms with Crippen LogP contribution in [0.4, 0.5) is 5.82 Å². The molecule has 1 amide bonds. The summed E-state index contributed by atoms with van der Waals surface area (Å²) in [5.74, 6) is -0.175. The number of ether oxygens (including phenoxy) is 1. The normalized spacial score (nSPS) is 11.4. The largest absolute Gasteiger partial charge is 0.366 e. The van der Waals surface area contributed by atoms with Gasteiger partial charge in [-0.1, -0.05) is 23.2 Å². The number of anilines is 1. The van der Waals surface area contributed by atoms with E-state index in [0.717, 1.165) is 0 Å². The van der Waals surface area contributed by atoms with E-state index in [9.17, 15) is 4.79 Å². The maximum Gasteiger partial charge on any atom is 0.251 e. The molecule has 0 saturated heterocycles. The molecular formula is C10H13Cl2N3O2. The lowest BCUT2D eigenvalue weighted by atomic mass is 10.2. The molecule has 0 saturated carbocycles. The first kappa shape index (κ1) is 14.2. The fourth-order valence-corrected chi connectivity index (χ4v) is 1.16. The second-order valence-electron chi connectivity index (χ2n) is 4.28. The fourth-order valence-electron chi connectivity index (χ4n) is 0.886. The summed E-state index contributed by atoms with van der Waals surface area (Å²) in [5, 5.41) is 2.69. The van der Waals surface area contributed by atoms with Gasteiger partial charge in [0, 0.05) is 0 Å². The summed E-state index contributed by atoms with van der Waals surface area (Å²) in [7, 11) is 0. The van der Waals surface area contributed by atoms with Crippen molar-refractivity contribution in [2.45, 2.75) is 26.4 Å². The highest BCUT2D eigenvalue weighted by molar-refractivity contribution is 6.42. The first-order valence-electron chi connectivity index (χ1n) is 4.89.